The molecule has 2 aliphatic rings. The van der Waals surface area contributed by atoms with Crippen LogP contribution in [0.3, 0.4) is 0 Å². The lowest BCUT2D eigenvalue weighted by atomic mass is 9.97. The van der Waals surface area contributed by atoms with E-state index in [9.17, 15) is 4.79 Å². The van der Waals surface area contributed by atoms with Crippen molar-refractivity contribution in [2.45, 2.75) is 50.5 Å². The molecule has 138 valence electrons. The van der Waals surface area contributed by atoms with E-state index in [4.69, 9.17) is 4.42 Å². The van der Waals surface area contributed by atoms with E-state index in [0.29, 0.717) is 18.9 Å². The van der Waals surface area contributed by atoms with E-state index in [2.05, 4.69) is 34.5 Å². The van der Waals surface area contributed by atoms with Gasteiger partial charge in [0.25, 0.3) is 0 Å². The largest absolute Gasteiger partial charge is 0.468 e. The fourth-order valence-electron chi connectivity index (χ4n) is 4.48. The van der Waals surface area contributed by atoms with Crippen LogP contribution in [0.25, 0.3) is 0 Å². The molecule has 1 aromatic carbocycles. The number of likely N-dealkylation sites (tertiary alicyclic amines) is 1. The average molecular weight is 352 g/mol. The lowest BCUT2D eigenvalue weighted by molar-refractivity contribution is -0.121. The van der Waals surface area contributed by atoms with Gasteiger partial charge in [0, 0.05) is 13.0 Å². The van der Waals surface area contributed by atoms with Crippen molar-refractivity contribution in [2.75, 3.05) is 19.6 Å². The van der Waals surface area contributed by atoms with Gasteiger partial charge in [-0.15, -0.1) is 0 Å². The summed E-state index contributed by atoms with van der Waals surface area (Å²) in [6, 6.07) is 12.6. The molecule has 2 heterocycles. The molecule has 4 nitrogen and oxygen atoms in total. The number of piperidine rings is 1. The second-order valence-electron chi connectivity index (χ2n) is 7.57. The Labute approximate surface area is 155 Å². The van der Waals surface area contributed by atoms with Gasteiger partial charge >= 0.3 is 0 Å². The Morgan fingerprint density at radius 1 is 1.15 bits per heavy atom. The number of nitrogens with zero attached hydrogens (tertiary/aromatic N) is 1. The van der Waals surface area contributed by atoms with Crippen LogP contribution in [-0.2, 0) is 11.2 Å². The summed E-state index contributed by atoms with van der Waals surface area (Å²) in [6.45, 7) is 2.79. The van der Waals surface area contributed by atoms with Crippen LogP contribution in [0.5, 0.6) is 0 Å². The van der Waals surface area contributed by atoms with Crippen molar-refractivity contribution in [3.05, 3.63) is 59.5 Å². The van der Waals surface area contributed by atoms with Gasteiger partial charge in [0.05, 0.1) is 12.3 Å². The number of hydrogen-bond acceptors (Lipinski definition) is 3. The molecule has 1 N–H and O–H groups in total. The smallest absolute Gasteiger partial charge is 0.220 e. The average Bonchev–Trinajstić information content (AvgIpc) is 3.34. The normalized spacial score (nSPS) is 21.3. The minimum absolute atomic E-state index is 0.144. The highest BCUT2D eigenvalue weighted by Crippen LogP contribution is 2.35. The Morgan fingerprint density at radius 3 is 2.81 bits per heavy atom. The number of fused-ring (bicyclic) bond motifs is 1. The summed E-state index contributed by atoms with van der Waals surface area (Å²) in [5.74, 6) is 1.47. The van der Waals surface area contributed by atoms with Crippen LogP contribution in [0.4, 0.5) is 0 Å². The molecule has 0 saturated carbocycles. The topological polar surface area (TPSA) is 45.5 Å². The number of nitrogens with one attached hydrogen (secondary N) is 1. The molecular weight excluding hydrogens is 324 g/mol. The number of rotatable bonds is 6. The number of furan rings is 1. The van der Waals surface area contributed by atoms with E-state index in [0.717, 1.165) is 31.7 Å². The van der Waals surface area contributed by atoms with Crippen molar-refractivity contribution in [1.29, 1.82) is 0 Å². The van der Waals surface area contributed by atoms with Crippen molar-refractivity contribution in [2.24, 2.45) is 0 Å². The molecule has 26 heavy (non-hydrogen) atoms. The predicted molar refractivity (Wildman–Crippen MR) is 102 cm³/mol. The highest BCUT2D eigenvalue weighted by atomic mass is 16.3. The molecule has 4 rings (SSSR count). The van der Waals surface area contributed by atoms with Crippen molar-refractivity contribution < 1.29 is 9.21 Å². The maximum atomic E-state index is 12.6. The van der Waals surface area contributed by atoms with Gasteiger partial charge in [-0.2, -0.15) is 0 Å². The number of amides is 1. The fourth-order valence-corrected chi connectivity index (χ4v) is 4.48. The van der Waals surface area contributed by atoms with Crippen molar-refractivity contribution in [3.63, 3.8) is 0 Å². The number of aryl methyl sites for hydroxylation is 1. The molecule has 2 unspecified atom stereocenters. The number of hydrogen-bond donors (Lipinski definition) is 1. The molecule has 1 saturated heterocycles. The Balaban J connectivity index is 1.36. The van der Waals surface area contributed by atoms with E-state index in [-0.39, 0.29) is 11.9 Å². The summed E-state index contributed by atoms with van der Waals surface area (Å²) in [5, 5.41) is 3.19. The van der Waals surface area contributed by atoms with Gasteiger partial charge in [0.15, 0.2) is 0 Å². The molecule has 0 radical (unpaired) electrons. The van der Waals surface area contributed by atoms with Gasteiger partial charge in [-0.3, -0.25) is 9.69 Å². The summed E-state index contributed by atoms with van der Waals surface area (Å²) in [6.07, 6.45) is 8.24. The third-order valence-electron chi connectivity index (χ3n) is 5.88. The molecule has 1 fully saturated rings. The summed E-state index contributed by atoms with van der Waals surface area (Å²) in [7, 11) is 0. The number of carbonyl (C=O) groups excluding carboxylic acids is 1. The van der Waals surface area contributed by atoms with Crippen LogP contribution in [-0.4, -0.2) is 30.4 Å². The van der Waals surface area contributed by atoms with Crippen molar-refractivity contribution in [1.82, 2.24) is 10.2 Å². The van der Waals surface area contributed by atoms with Crippen LogP contribution >= 0.6 is 0 Å². The Morgan fingerprint density at radius 2 is 2.00 bits per heavy atom. The monoisotopic (exact) mass is 352 g/mol. The van der Waals surface area contributed by atoms with Crippen LogP contribution in [0, 0.1) is 0 Å². The van der Waals surface area contributed by atoms with Gasteiger partial charge in [0.1, 0.15) is 5.76 Å². The van der Waals surface area contributed by atoms with E-state index in [1.54, 1.807) is 6.26 Å². The lowest BCUT2D eigenvalue weighted by Crippen LogP contribution is -2.40. The molecule has 2 aromatic rings. The van der Waals surface area contributed by atoms with Crippen LogP contribution < -0.4 is 5.32 Å². The Kier molecular flexibility index (Phi) is 5.40. The Hall–Kier alpha value is -2.07. The van der Waals surface area contributed by atoms with E-state index in [1.165, 1.54) is 30.4 Å². The fraction of sp³-hybridized carbons (Fsp3) is 0.500. The van der Waals surface area contributed by atoms with Gasteiger partial charge in [-0.25, -0.2) is 0 Å². The highest BCUT2D eigenvalue weighted by molar-refractivity contribution is 5.77. The van der Waals surface area contributed by atoms with Crippen molar-refractivity contribution >= 4 is 5.91 Å². The minimum atomic E-state index is 0.144. The molecule has 1 aromatic heterocycles. The van der Waals surface area contributed by atoms with Crippen LogP contribution in [0.2, 0.25) is 0 Å². The zero-order chi connectivity index (χ0) is 17.8. The minimum Gasteiger partial charge on any atom is -0.468 e. The first-order chi connectivity index (χ1) is 12.8. The molecular formula is C22H28N2O2. The van der Waals surface area contributed by atoms with Gasteiger partial charge in [0.2, 0.25) is 5.91 Å². The summed E-state index contributed by atoms with van der Waals surface area (Å²) in [5.41, 5.74) is 2.77. The maximum absolute atomic E-state index is 12.6. The standard InChI is InChI=1S/C22H28N2O2/c25-22(15-18-11-10-17-7-2-3-8-19(17)18)23-16-20(21-9-6-14-26-21)24-12-4-1-5-13-24/h2-3,6-9,14,18,20H,1,4-5,10-13,15-16H2,(H,23,25). The molecule has 0 bridgehead atoms. The molecule has 1 aliphatic heterocycles. The van der Waals surface area contributed by atoms with Gasteiger partial charge < -0.3 is 9.73 Å². The third-order valence-corrected chi connectivity index (χ3v) is 5.88. The third kappa shape index (κ3) is 3.85. The van der Waals surface area contributed by atoms with E-state index >= 15 is 0 Å². The molecule has 1 amide bonds. The molecule has 2 atom stereocenters. The maximum Gasteiger partial charge on any atom is 0.220 e. The summed E-state index contributed by atoms with van der Waals surface area (Å²) < 4.78 is 5.67. The first-order valence-corrected chi connectivity index (χ1v) is 9.93. The quantitative estimate of drug-likeness (QED) is 0.853. The molecule has 0 spiro atoms. The first-order valence-electron chi connectivity index (χ1n) is 9.93. The van der Waals surface area contributed by atoms with Crippen molar-refractivity contribution in [3.8, 4) is 0 Å². The number of benzene rings is 1. The second-order valence-corrected chi connectivity index (χ2v) is 7.57. The Bertz CT molecular complexity index is 720. The lowest BCUT2D eigenvalue weighted by Gasteiger charge is -2.33. The summed E-state index contributed by atoms with van der Waals surface area (Å²) in [4.78, 5) is 15.1. The highest BCUT2D eigenvalue weighted by Gasteiger charge is 2.27. The van der Waals surface area contributed by atoms with Gasteiger partial charge in [-0.05, 0) is 68.0 Å². The summed E-state index contributed by atoms with van der Waals surface area (Å²) >= 11 is 0. The first kappa shape index (κ1) is 17.3. The van der Waals surface area contributed by atoms with Gasteiger partial charge in [-0.1, -0.05) is 30.7 Å². The molecule has 4 heteroatoms. The zero-order valence-corrected chi connectivity index (χ0v) is 15.3. The predicted octanol–water partition coefficient (Wildman–Crippen LogP) is 4.04. The van der Waals surface area contributed by atoms with E-state index in [1.807, 2.05) is 12.1 Å². The zero-order valence-electron chi connectivity index (χ0n) is 15.3. The van der Waals surface area contributed by atoms with Crippen LogP contribution in [0.1, 0.15) is 61.0 Å². The van der Waals surface area contributed by atoms with Crippen LogP contribution in [0.15, 0.2) is 47.1 Å². The SMILES string of the molecule is O=C(CC1CCc2ccccc21)NCC(c1ccco1)N1CCCCC1. The number of carbonyl (C=O) groups is 1. The van der Waals surface area contributed by atoms with E-state index < -0.39 is 0 Å². The molecule has 1 aliphatic carbocycles. The second kappa shape index (κ2) is 8.09.